The molecule has 1 heterocycles. The molecule has 0 aliphatic rings. The van der Waals surface area contributed by atoms with Crippen molar-refractivity contribution in [2.45, 2.75) is 19.1 Å². The zero-order valence-electron chi connectivity index (χ0n) is 13.1. The minimum Gasteiger partial charge on any atom is -0.497 e. The van der Waals surface area contributed by atoms with E-state index in [-0.39, 0.29) is 6.04 Å². The van der Waals surface area contributed by atoms with Crippen LogP contribution >= 0.6 is 0 Å². The molecule has 0 unspecified atom stereocenters. The van der Waals surface area contributed by atoms with E-state index in [1.807, 2.05) is 28.9 Å². The fourth-order valence-electron chi connectivity index (χ4n) is 2.51. The summed E-state index contributed by atoms with van der Waals surface area (Å²) in [6.07, 6.45) is 3.30. The van der Waals surface area contributed by atoms with Crippen molar-refractivity contribution in [3.8, 4) is 5.75 Å². The van der Waals surface area contributed by atoms with Gasteiger partial charge in [0.2, 0.25) is 0 Å². The summed E-state index contributed by atoms with van der Waals surface area (Å²) in [5, 5.41) is 7.81. The highest BCUT2D eigenvalue weighted by Gasteiger charge is 2.12. The molecule has 0 radical (unpaired) electrons. The first kappa shape index (κ1) is 15.2. The summed E-state index contributed by atoms with van der Waals surface area (Å²) in [7, 11) is 1.68. The molecule has 5 heteroatoms. The molecule has 0 bridgehead atoms. The molecule has 23 heavy (non-hydrogen) atoms. The van der Waals surface area contributed by atoms with Crippen LogP contribution in [0.25, 0.3) is 0 Å². The van der Waals surface area contributed by atoms with Crippen LogP contribution in [0.3, 0.4) is 0 Å². The number of methoxy groups -OCH3 is 1. The lowest BCUT2D eigenvalue weighted by Crippen LogP contribution is -2.25. The molecule has 3 rings (SSSR count). The molecule has 1 aromatic heterocycles. The summed E-state index contributed by atoms with van der Waals surface area (Å²) in [6, 6.07) is 18.6. The minimum atomic E-state index is 0.157. The van der Waals surface area contributed by atoms with Crippen molar-refractivity contribution in [2.24, 2.45) is 0 Å². The molecule has 1 N–H and O–H groups in total. The smallest absolute Gasteiger partial charge is 0.137 e. The third kappa shape index (κ3) is 4.17. The standard InChI is InChI=1S/C18H20N4O/c1-23-17-9-5-6-15(10-17)11-20-18(12-22-14-19-13-21-22)16-7-3-2-4-8-16/h2-10,13-14,18,20H,11-12H2,1H3/t18-/m0/s1. The van der Waals surface area contributed by atoms with Gasteiger partial charge in [-0.15, -0.1) is 0 Å². The Kier molecular flexibility index (Phi) is 5.01. The molecule has 0 saturated carbocycles. The van der Waals surface area contributed by atoms with E-state index >= 15 is 0 Å². The summed E-state index contributed by atoms with van der Waals surface area (Å²) >= 11 is 0. The fraction of sp³-hybridized carbons (Fsp3) is 0.222. The van der Waals surface area contributed by atoms with Crippen LogP contribution in [0.2, 0.25) is 0 Å². The zero-order valence-corrected chi connectivity index (χ0v) is 13.1. The Labute approximate surface area is 135 Å². The lowest BCUT2D eigenvalue weighted by molar-refractivity contribution is 0.412. The summed E-state index contributed by atoms with van der Waals surface area (Å²) < 4.78 is 7.12. The quantitative estimate of drug-likeness (QED) is 0.729. The average molecular weight is 308 g/mol. The molecule has 0 spiro atoms. The molecule has 2 aromatic carbocycles. The maximum atomic E-state index is 5.28. The Morgan fingerprint density at radius 2 is 2.00 bits per heavy atom. The second kappa shape index (κ2) is 7.56. The van der Waals surface area contributed by atoms with Gasteiger partial charge in [-0.05, 0) is 23.3 Å². The van der Waals surface area contributed by atoms with E-state index < -0.39 is 0 Å². The number of nitrogens with one attached hydrogen (secondary N) is 1. The molecule has 0 saturated heterocycles. The third-order valence-electron chi connectivity index (χ3n) is 3.72. The first-order valence-electron chi connectivity index (χ1n) is 7.59. The monoisotopic (exact) mass is 308 g/mol. The van der Waals surface area contributed by atoms with E-state index in [9.17, 15) is 0 Å². The highest BCUT2D eigenvalue weighted by Crippen LogP contribution is 2.17. The van der Waals surface area contributed by atoms with Gasteiger partial charge in [0.15, 0.2) is 0 Å². The number of aromatic nitrogens is 3. The number of benzene rings is 2. The van der Waals surface area contributed by atoms with E-state index in [0.29, 0.717) is 0 Å². The SMILES string of the molecule is COc1cccc(CN[C@@H](Cn2cncn2)c2ccccc2)c1. The predicted molar refractivity (Wildman–Crippen MR) is 89.0 cm³/mol. The van der Waals surface area contributed by atoms with Crippen LogP contribution in [0.5, 0.6) is 5.75 Å². The van der Waals surface area contributed by atoms with Gasteiger partial charge in [-0.2, -0.15) is 5.10 Å². The van der Waals surface area contributed by atoms with Crippen molar-refractivity contribution >= 4 is 0 Å². The van der Waals surface area contributed by atoms with Crippen LogP contribution in [0, 0.1) is 0 Å². The van der Waals surface area contributed by atoms with Crippen LogP contribution in [0.15, 0.2) is 67.3 Å². The minimum absolute atomic E-state index is 0.157. The fourth-order valence-corrected chi connectivity index (χ4v) is 2.51. The van der Waals surface area contributed by atoms with Gasteiger partial charge in [-0.25, -0.2) is 4.98 Å². The van der Waals surface area contributed by atoms with Crippen molar-refractivity contribution in [3.63, 3.8) is 0 Å². The molecule has 0 fully saturated rings. The normalized spacial score (nSPS) is 12.0. The van der Waals surface area contributed by atoms with Crippen LogP contribution in [0.1, 0.15) is 17.2 Å². The molecule has 0 aliphatic carbocycles. The highest BCUT2D eigenvalue weighted by atomic mass is 16.5. The van der Waals surface area contributed by atoms with Gasteiger partial charge in [-0.3, -0.25) is 4.68 Å². The topological polar surface area (TPSA) is 52.0 Å². The van der Waals surface area contributed by atoms with E-state index in [1.165, 1.54) is 11.1 Å². The molecule has 3 aromatic rings. The van der Waals surface area contributed by atoms with Crippen molar-refractivity contribution < 1.29 is 4.74 Å². The summed E-state index contributed by atoms with van der Waals surface area (Å²) in [5.74, 6) is 0.872. The van der Waals surface area contributed by atoms with E-state index in [4.69, 9.17) is 4.74 Å². The third-order valence-corrected chi connectivity index (χ3v) is 3.72. The molecule has 1 atom stereocenters. The molecule has 0 aliphatic heterocycles. The lowest BCUT2D eigenvalue weighted by atomic mass is 10.1. The Morgan fingerprint density at radius 3 is 2.74 bits per heavy atom. The second-order valence-corrected chi connectivity index (χ2v) is 5.31. The highest BCUT2D eigenvalue weighted by molar-refractivity contribution is 5.28. The van der Waals surface area contributed by atoms with Gasteiger partial charge in [0.05, 0.1) is 19.7 Å². The summed E-state index contributed by atoms with van der Waals surface area (Å²) in [6.45, 7) is 1.49. The summed E-state index contributed by atoms with van der Waals surface area (Å²) in [5.41, 5.74) is 2.41. The van der Waals surface area contributed by atoms with Crippen molar-refractivity contribution in [1.82, 2.24) is 20.1 Å². The van der Waals surface area contributed by atoms with Gasteiger partial charge in [0, 0.05) is 6.54 Å². The van der Waals surface area contributed by atoms with Gasteiger partial charge in [0.25, 0.3) is 0 Å². The Morgan fingerprint density at radius 1 is 1.13 bits per heavy atom. The maximum Gasteiger partial charge on any atom is 0.137 e. The van der Waals surface area contributed by atoms with Crippen molar-refractivity contribution in [1.29, 1.82) is 0 Å². The summed E-state index contributed by atoms with van der Waals surface area (Å²) in [4.78, 5) is 4.02. The first-order valence-corrected chi connectivity index (χ1v) is 7.59. The van der Waals surface area contributed by atoms with Crippen LogP contribution in [0.4, 0.5) is 0 Å². The molecular weight excluding hydrogens is 288 g/mol. The molecule has 0 amide bonds. The van der Waals surface area contributed by atoms with E-state index in [2.05, 4.69) is 45.7 Å². The van der Waals surface area contributed by atoms with E-state index in [1.54, 1.807) is 19.8 Å². The van der Waals surface area contributed by atoms with E-state index in [0.717, 1.165) is 18.8 Å². The van der Waals surface area contributed by atoms with Gasteiger partial charge >= 0.3 is 0 Å². The Bertz CT molecular complexity index is 713. The molecular formula is C18H20N4O. The molecule has 5 nitrogen and oxygen atoms in total. The van der Waals surface area contributed by atoms with Crippen LogP contribution in [-0.2, 0) is 13.1 Å². The average Bonchev–Trinajstić information content (AvgIpc) is 3.12. The second-order valence-electron chi connectivity index (χ2n) is 5.31. The zero-order chi connectivity index (χ0) is 15.9. The largest absolute Gasteiger partial charge is 0.497 e. The van der Waals surface area contributed by atoms with Gasteiger partial charge in [-0.1, -0.05) is 42.5 Å². The van der Waals surface area contributed by atoms with Gasteiger partial charge in [0.1, 0.15) is 18.4 Å². The number of hydrogen-bond donors (Lipinski definition) is 1. The number of rotatable bonds is 7. The maximum absolute atomic E-state index is 5.28. The molecule has 118 valence electrons. The van der Waals surface area contributed by atoms with Crippen molar-refractivity contribution in [2.75, 3.05) is 7.11 Å². The van der Waals surface area contributed by atoms with Crippen LogP contribution in [-0.4, -0.2) is 21.9 Å². The number of ether oxygens (including phenoxy) is 1. The first-order chi connectivity index (χ1) is 11.3. The Balaban J connectivity index is 1.73. The number of hydrogen-bond acceptors (Lipinski definition) is 4. The lowest BCUT2D eigenvalue weighted by Gasteiger charge is -2.19. The predicted octanol–water partition coefficient (Wildman–Crippen LogP) is 2.82. The Hall–Kier alpha value is -2.66. The van der Waals surface area contributed by atoms with Gasteiger partial charge < -0.3 is 10.1 Å². The number of nitrogens with zero attached hydrogens (tertiary/aromatic N) is 3. The van der Waals surface area contributed by atoms with Crippen molar-refractivity contribution in [3.05, 3.63) is 78.4 Å². The van der Waals surface area contributed by atoms with Crippen LogP contribution < -0.4 is 10.1 Å².